The minimum Gasteiger partial charge on any atom is -0.497 e. The van der Waals surface area contributed by atoms with Gasteiger partial charge in [-0.05, 0) is 55.1 Å². The Hall–Kier alpha value is -3.61. The highest BCUT2D eigenvalue weighted by Gasteiger charge is 2.25. The van der Waals surface area contributed by atoms with E-state index in [1.54, 1.807) is 7.11 Å². The summed E-state index contributed by atoms with van der Waals surface area (Å²) in [4.78, 5) is 30.1. The molecule has 0 bridgehead atoms. The number of thiophene rings is 1. The molecular formula is C25H27N5O3S. The van der Waals surface area contributed by atoms with Gasteiger partial charge in [-0.1, -0.05) is 6.07 Å². The van der Waals surface area contributed by atoms with Crippen molar-refractivity contribution in [1.82, 2.24) is 14.4 Å². The van der Waals surface area contributed by atoms with Gasteiger partial charge in [0.1, 0.15) is 17.6 Å². The van der Waals surface area contributed by atoms with Gasteiger partial charge in [-0.15, -0.1) is 11.3 Å². The molecule has 2 amide bonds. The molecule has 0 radical (unpaired) electrons. The predicted octanol–water partition coefficient (Wildman–Crippen LogP) is 3.43. The molecule has 1 aliphatic heterocycles. The summed E-state index contributed by atoms with van der Waals surface area (Å²) in [5.74, 6) is 1.05. The molecule has 1 saturated heterocycles. The number of piperazine rings is 1. The van der Waals surface area contributed by atoms with Gasteiger partial charge in [0.25, 0.3) is 5.91 Å². The van der Waals surface area contributed by atoms with Crippen LogP contribution in [0.2, 0.25) is 0 Å². The van der Waals surface area contributed by atoms with E-state index >= 15 is 0 Å². The lowest BCUT2D eigenvalue weighted by Crippen LogP contribution is -2.50. The van der Waals surface area contributed by atoms with Crippen LogP contribution in [0, 0.1) is 25.2 Å². The minimum absolute atomic E-state index is 0.0426. The molecule has 0 aliphatic carbocycles. The summed E-state index contributed by atoms with van der Waals surface area (Å²) >= 11 is 1.44. The number of aromatic nitrogens is 1. The molecule has 0 unspecified atom stereocenters. The van der Waals surface area contributed by atoms with E-state index in [-0.39, 0.29) is 18.4 Å². The van der Waals surface area contributed by atoms with Crippen molar-refractivity contribution in [3.8, 4) is 17.5 Å². The van der Waals surface area contributed by atoms with Gasteiger partial charge in [-0.2, -0.15) is 5.26 Å². The van der Waals surface area contributed by atoms with E-state index in [0.29, 0.717) is 37.6 Å². The lowest BCUT2D eigenvalue weighted by molar-refractivity contribution is -0.117. The number of ether oxygens (including phenoxy) is 1. The van der Waals surface area contributed by atoms with Crippen LogP contribution in [-0.4, -0.2) is 66.0 Å². The fourth-order valence-electron chi connectivity index (χ4n) is 4.15. The molecule has 1 fully saturated rings. The van der Waals surface area contributed by atoms with E-state index in [4.69, 9.17) is 4.74 Å². The molecule has 8 nitrogen and oxygen atoms in total. The molecule has 4 rings (SSSR count). The van der Waals surface area contributed by atoms with Gasteiger partial charge >= 0.3 is 0 Å². The summed E-state index contributed by atoms with van der Waals surface area (Å²) in [7, 11) is 1.61. The molecule has 1 N–H and O–H groups in total. The minimum atomic E-state index is -0.193. The van der Waals surface area contributed by atoms with Crippen LogP contribution in [0.3, 0.4) is 0 Å². The van der Waals surface area contributed by atoms with Crippen LogP contribution in [0.1, 0.15) is 26.5 Å². The Bertz CT molecular complexity index is 1220. The number of anilines is 1. The van der Waals surface area contributed by atoms with Crippen LogP contribution in [0.5, 0.6) is 5.75 Å². The molecule has 2 aromatic heterocycles. The van der Waals surface area contributed by atoms with E-state index in [1.807, 2.05) is 70.0 Å². The van der Waals surface area contributed by atoms with Crippen molar-refractivity contribution < 1.29 is 14.3 Å². The van der Waals surface area contributed by atoms with Crippen molar-refractivity contribution in [2.24, 2.45) is 0 Å². The zero-order valence-electron chi connectivity index (χ0n) is 19.5. The molecule has 1 aromatic carbocycles. The van der Waals surface area contributed by atoms with Gasteiger partial charge in [-0.25, -0.2) is 0 Å². The van der Waals surface area contributed by atoms with E-state index in [2.05, 4.69) is 11.4 Å². The number of methoxy groups -OCH3 is 1. The number of nitriles is 1. The van der Waals surface area contributed by atoms with Gasteiger partial charge in [-0.3, -0.25) is 19.1 Å². The zero-order chi connectivity index (χ0) is 24.2. The molecule has 3 aromatic rings. The Balaban J connectivity index is 1.45. The second-order valence-corrected chi connectivity index (χ2v) is 9.12. The normalized spacial score (nSPS) is 14.0. The Morgan fingerprint density at radius 2 is 1.82 bits per heavy atom. The number of nitrogens with one attached hydrogen (secondary N) is 1. The van der Waals surface area contributed by atoms with Crippen molar-refractivity contribution in [1.29, 1.82) is 5.26 Å². The number of carbonyl (C=O) groups is 2. The molecule has 1 aliphatic rings. The first kappa shape index (κ1) is 23.5. The maximum atomic E-state index is 13.0. The average molecular weight is 478 g/mol. The Kier molecular flexibility index (Phi) is 7.01. The standard InChI is InChI=1S/C25H27N5O3S/c1-17-18(2)30(19-6-8-20(33-3)9-7-19)24(21(17)15-26)27-23(31)16-28-10-12-29(13-11-28)25(32)22-5-4-14-34-22/h4-9,14H,10-13,16H2,1-3H3,(H,27,31). The predicted molar refractivity (Wildman–Crippen MR) is 132 cm³/mol. The first-order chi connectivity index (χ1) is 16.4. The van der Waals surface area contributed by atoms with Crippen molar-refractivity contribution in [3.05, 3.63) is 63.5 Å². The average Bonchev–Trinajstić information content (AvgIpc) is 3.46. The number of hydrogen-bond acceptors (Lipinski definition) is 6. The van der Waals surface area contributed by atoms with Gasteiger partial charge < -0.3 is 15.0 Å². The third kappa shape index (κ3) is 4.69. The van der Waals surface area contributed by atoms with Crippen molar-refractivity contribution in [2.45, 2.75) is 13.8 Å². The van der Waals surface area contributed by atoms with Crippen LogP contribution >= 0.6 is 11.3 Å². The third-order valence-corrected chi connectivity index (χ3v) is 7.03. The molecule has 176 valence electrons. The SMILES string of the molecule is COc1ccc(-n2c(C)c(C)c(C#N)c2NC(=O)CN2CCN(C(=O)c3cccs3)CC2)cc1. The fourth-order valence-corrected chi connectivity index (χ4v) is 4.85. The summed E-state index contributed by atoms with van der Waals surface area (Å²) in [5, 5.41) is 14.6. The number of benzene rings is 1. The highest BCUT2D eigenvalue weighted by Crippen LogP contribution is 2.30. The number of hydrogen-bond donors (Lipinski definition) is 1. The van der Waals surface area contributed by atoms with Crippen LogP contribution in [0.4, 0.5) is 5.82 Å². The molecule has 0 spiro atoms. The van der Waals surface area contributed by atoms with Crippen molar-refractivity contribution in [2.75, 3.05) is 45.2 Å². The smallest absolute Gasteiger partial charge is 0.264 e. The first-order valence-electron chi connectivity index (χ1n) is 11.0. The summed E-state index contributed by atoms with van der Waals surface area (Å²) in [5.41, 5.74) is 3.00. The molecule has 0 saturated carbocycles. The van der Waals surface area contributed by atoms with Gasteiger partial charge in [0.2, 0.25) is 5.91 Å². The molecule has 3 heterocycles. The van der Waals surface area contributed by atoms with Gasteiger partial charge in [0, 0.05) is 37.6 Å². The van der Waals surface area contributed by atoms with Crippen LogP contribution in [0.15, 0.2) is 41.8 Å². The number of carbonyl (C=O) groups excluding carboxylic acids is 2. The van der Waals surface area contributed by atoms with E-state index in [1.165, 1.54) is 11.3 Å². The lowest BCUT2D eigenvalue weighted by Gasteiger charge is -2.34. The first-order valence-corrected chi connectivity index (χ1v) is 11.9. The van der Waals surface area contributed by atoms with Crippen molar-refractivity contribution in [3.63, 3.8) is 0 Å². The summed E-state index contributed by atoms with van der Waals surface area (Å²) < 4.78 is 7.14. The maximum Gasteiger partial charge on any atom is 0.264 e. The zero-order valence-corrected chi connectivity index (χ0v) is 20.3. The second-order valence-electron chi connectivity index (χ2n) is 8.17. The van der Waals surface area contributed by atoms with Crippen molar-refractivity contribution >= 4 is 29.0 Å². The Morgan fingerprint density at radius 3 is 2.41 bits per heavy atom. The number of rotatable bonds is 6. The van der Waals surface area contributed by atoms with E-state index in [9.17, 15) is 14.9 Å². The van der Waals surface area contributed by atoms with Crippen LogP contribution in [-0.2, 0) is 4.79 Å². The van der Waals surface area contributed by atoms with Gasteiger partial charge in [0.05, 0.1) is 24.1 Å². The fraction of sp³-hybridized carbons (Fsp3) is 0.320. The van der Waals surface area contributed by atoms with Gasteiger partial charge in [0.15, 0.2) is 0 Å². The van der Waals surface area contributed by atoms with Crippen LogP contribution in [0.25, 0.3) is 5.69 Å². The van der Waals surface area contributed by atoms with Crippen LogP contribution < -0.4 is 10.1 Å². The highest BCUT2D eigenvalue weighted by atomic mass is 32.1. The number of amides is 2. The topological polar surface area (TPSA) is 90.6 Å². The summed E-state index contributed by atoms with van der Waals surface area (Å²) in [6, 6.07) is 13.4. The monoisotopic (exact) mass is 477 g/mol. The summed E-state index contributed by atoms with van der Waals surface area (Å²) in [6.45, 7) is 6.40. The Morgan fingerprint density at radius 1 is 1.12 bits per heavy atom. The molecule has 9 heteroatoms. The molecular weight excluding hydrogens is 450 g/mol. The molecule has 0 atom stereocenters. The van der Waals surface area contributed by atoms with E-state index < -0.39 is 0 Å². The number of nitrogens with zero attached hydrogens (tertiary/aromatic N) is 4. The highest BCUT2D eigenvalue weighted by molar-refractivity contribution is 7.12. The maximum absolute atomic E-state index is 13.0. The lowest BCUT2D eigenvalue weighted by atomic mass is 10.2. The largest absolute Gasteiger partial charge is 0.497 e. The third-order valence-electron chi connectivity index (χ3n) is 6.17. The Labute approximate surface area is 203 Å². The quantitative estimate of drug-likeness (QED) is 0.587. The van der Waals surface area contributed by atoms with E-state index in [0.717, 1.165) is 27.6 Å². The molecule has 34 heavy (non-hydrogen) atoms. The summed E-state index contributed by atoms with van der Waals surface area (Å²) in [6.07, 6.45) is 0. The second kappa shape index (κ2) is 10.1.